The molecule has 2 rings (SSSR count). The van der Waals surface area contributed by atoms with E-state index in [1.54, 1.807) is 0 Å². The summed E-state index contributed by atoms with van der Waals surface area (Å²) in [4.78, 5) is 0. The Hall–Kier alpha value is -0.120. The Morgan fingerprint density at radius 3 is 2.57 bits per heavy atom. The molecule has 2 saturated heterocycles. The van der Waals surface area contributed by atoms with Gasteiger partial charge in [0.15, 0.2) is 0 Å². The molecule has 2 aliphatic rings. The van der Waals surface area contributed by atoms with E-state index in [4.69, 9.17) is 9.47 Å². The Kier molecular flexibility index (Phi) is 2.58. The first kappa shape index (κ1) is 10.4. The zero-order chi connectivity index (χ0) is 10.2. The van der Waals surface area contributed by atoms with Gasteiger partial charge < -0.3 is 14.8 Å². The predicted octanol–water partition coefficient (Wildman–Crippen LogP) is 1.18. The monoisotopic (exact) mass is 199 g/mol. The van der Waals surface area contributed by atoms with E-state index in [1.165, 1.54) is 0 Å². The van der Waals surface area contributed by atoms with Crippen LogP contribution in [0.15, 0.2) is 0 Å². The van der Waals surface area contributed by atoms with Crippen molar-refractivity contribution >= 4 is 0 Å². The maximum absolute atomic E-state index is 6.20. The van der Waals surface area contributed by atoms with Gasteiger partial charge in [0, 0.05) is 25.6 Å². The maximum Gasteiger partial charge on any atom is 0.0836 e. The molecule has 0 saturated carbocycles. The van der Waals surface area contributed by atoms with Crippen molar-refractivity contribution in [2.45, 2.75) is 38.4 Å². The van der Waals surface area contributed by atoms with Crippen molar-refractivity contribution in [2.24, 2.45) is 5.92 Å². The van der Waals surface area contributed by atoms with Crippen molar-refractivity contribution in [1.29, 1.82) is 0 Å². The first-order chi connectivity index (χ1) is 6.52. The molecule has 14 heavy (non-hydrogen) atoms. The van der Waals surface area contributed by atoms with E-state index in [1.807, 2.05) is 0 Å². The van der Waals surface area contributed by atoms with Crippen LogP contribution in [0.1, 0.15) is 27.2 Å². The molecular weight excluding hydrogens is 178 g/mol. The van der Waals surface area contributed by atoms with Gasteiger partial charge in [-0.15, -0.1) is 0 Å². The van der Waals surface area contributed by atoms with Gasteiger partial charge in [0.1, 0.15) is 0 Å². The number of hydrogen-bond acceptors (Lipinski definition) is 3. The van der Waals surface area contributed by atoms with Crippen molar-refractivity contribution < 1.29 is 9.47 Å². The summed E-state index contributed by atoms with van der Waals surface area (Å²) < 4.78 is 11.6. The van der Waals surface area contributed by atoms with Crippen LogP contribution in [-0.4, -0.2) is 37.5 Å². The molecule has 1 N–H and O–H groups in total. The highest BCUT2D eigenvalue weighted by atomic mass is 16.5. The minimum Gasteiger partial charge on any atom is -0.381 e. The van der Waals surface area contributed by atoms with Crippen LogP contribution < -0.4 is 5.32 Å². The number of ether oxygens (including phenoxy) is 2. The van der Waals surface area contributed by atoms with Crippen LogP contribution in [0.2, 0.25) is 0 Å². The lowest BCUT2D eigenvalue weighted by molar-refractivity contribution is -0.177. The third-order valence-electron chi connectivity index (χ3n) is 3.33. The fraction of sp³-hybridized carbons (Fsp3) is 1.00. The molecule has 3 nitrogen and oxygen atoms in total. The van der Waals surface area contributed by atoms with Gasteiger partial charge in [-0.3, -0.25) is 0 Å². The van der Waals surface area contributed by atoms with Gasteiger partial charge in [0.2, 0.25) is 0 Å². The molecule has 0 spiro atoms. The lowest BCUT2D eigenvalue weighted by Crippen LogP contribution is -2.59. The predicted molar refractivity (Wildman–Crippen MR) is 55.4 cm³/mol. The fourth-order valence-corrected chi connectivity index (χ4v) is 2.56. The van der Waals surface area contributed by atoms with Crippen molar-refractivity contribution in [3.05, 3.63) is 0 Å². The summed E-state index contributed by atoms with van der Waals surface area (Å²) in [5.41, 5.74) is -0.0894. The lowest BCUT2D eigenvalue weighted by atomic mass is 9.85. The quantitative estimate of drug-likeness (QED) is 0.688. The Labute approximate surface area is 86.2 Å². The highest BCUT2D eigenvalue weighted by Crippen LogP contribution is 2.34. The largest absolute Gasteiger partial charge is 0.381 e. The Balaban J connectivity index is 2.06. The highest BCUT2D eigenvalue weighted by molar-refractivity contribution is 4.95. The molecule has 82 valence electrons. The van der Waals surface area contributed by atoms with E-state index in [-0.39, 0.29) is 11.2 Å². The third kappa shape index (κ3) is 1.95. The van der Waals surface area contributed by atoms with Crippen LogP contribution in [0.25, 0.3) is 0 Å². The second-order valence-corrected chi connectivity index (χ2v) is 5.34. The lowest BCUT2D eigenvalue weighted by Gasteiger charge is -2.46. The molecule has 2 unspecified atom stereocenters. The van der Waals surface area contributed by atoms with Gasteiger partial charge in [-0.25, -0.2) is 0 Å². The van der Waals surface area contributed by atoms with Crippen molar-refractivity contribution in [3.63, 3.8) is 0 Å². The normalized spacial score (nSPS) is 42.6. The topological polar surface area (TPSA) is 30.5 Å². The summed E-state index contributed by atoms with van der Waals surface area (Å²) in [5, 5.41) is 3.46. The summed E-state index contributed by atoms with van der Waals surface area (Å²) in [5.74, 6) is 0.551. The van der Waals surface area contributed by atoms with Gasteiger partial charge in [-0.1, -0.05) is 0 Å². The van der Waals surface area contributed by atoms with E-state index in [0.717, 1.165) is 32.7 Å². The smallest absolute Gasteiger partial charge is 0.0836 e. The molecular formula is C11H21NO2. The molecule has 0 aromatic heterocycles. The van der Waals surface area contributed by atoms with Gasteiger partial charge in [0.25, 0.3) is 0 Å². The molecule has 0 bridgehead atoms. The summed E-state index contributed by atoms with van der Waals surface area (Å²) in [6.45, 7) is 10.1. The van der Waals surface area contributed by atoms with Gasteiger partial charge in [-0.2, -0.15) is 0 Å². The Morgan fingerprint density at radius 2 is 2.00 bits per heavy atom. The van der Waals surface area contributed by atoms with Crippen LogP contribution in [0.4, 0.5) is 0 Å². The van der Waals surface area contributed by atoms with Gasteiger partial charge in [-0.05, 0) is 27.2 Å². The molecule has 2 aliphatic heterocycles. The molecule has 0 aromatic rings. The van der Waals surface area contributed by atoms with Crippen LogP contribution in [0.3, 0.4) is 0 Å². The fourth-order valence-electron chi connectivity index (χ4n) is 2.56. The van der Waals surface area contributed by atoms with Crippen molar-refractivity contribution in [2.75, 3.05) is 26.3 Å². The van der Waals surface area contributed by atoms with E-state index in [2.05, 4.69) is 26.1 Å². The van der Waals surface area contributed by atoms with E-state index in [9.17, 15) is 0 Å². The second-order valence-electron chi connectivity index (χ2n) is 5.34. The molecule has 2 fully saturated rings. The Bertz CT molecular complexity index is 211. The van der Waals surface area contributed by atoms with Crippen molar-refractivity contribution in [1.82, 2.24) is 5.32 Å². The number of morpholine rings is 1. The zero-order valence-electron chi connectivity index (χ0n) is 9.43. The standard InChI is InChI=1S/C11H21NO2/c1-10(2)7-12-8-11(3,14-10)9-4-5-13-6-9/h9,12H,4-8H2,1-3H3. The number of hydrogen-bond donors (Lipinski definition) is 1. The average Bonchev–Trinajstić information content (AvgIpc) is 2.52. The van der Waals surface area contributed by atoms with Crippen LogP contribution in [-0.2, 0) is 9.47 Å². The zero-order valence-corrected chi connectivity index (χ0v) is 9.43. The molecule has 0 amide bonds. The van der Waals surface area contributed by atoms with Gasteiger partial charge in [0.05, 0.1) is 17.8 Å². The molecule has 2 atom stereocenters. The van der Waals surface area contributed by atoms with Crippen molar-refractivity contribution in [3.8, 4) is 0 Å². The number of rotatable bonds is 1. The van der Waals surface area contributed by atoms with E-state index in [0.29, 0.717) is 5.92 Å². The summed E-state index contributed by atoms with van der Waals surface area (Å²) in [7, 11) is 0. The molecule has 0 radical (unpaired) electrons. The maximum atomic E-state index is 6.20. The Morgan fingerprint density at radius 1 is 1.21 bits per heavy atom. The third-order valence-corrected chi connectivity index (χ3v) is 3.33. The van der Waals surface area contributed by atoms with E-state index < -0.39 is 0 Å². The highest BCUT2D eigenvalue weighted by Gasteiger charge is 2.44. The summed E-state index contributed by atoms with van der Waals surface area (Å²) >= 11 is 0. The minimum atomic E-state index is -0.0460. The van der Waals surface area contributed by atoms with Gasteiger partial charge >= 0.3 is 0 Å². The first-order valence-electron chi connectivity index (χ1n) is 5.50. The molecule has 3 heteroatoms. The second kappa shape index (κ2) is 3.47. The molecule has 2 heterocycles. The van der Waals surface area contributed by atoms with Crippen LogP contribution in [0.5, 0.6) is 0 Å². The minimum absolute atomic E-state index is 0.0434. The average molecular weight is 199 g/mol. The summed E-state index contributed by atoms with van der Waals surface area (Å²) in [6, 6.07) is 0. The van der Waals surface area contributed by atoms with E-state index >= 15 is 0 Å². The van der Waals surface area contributed by atoms with Crippen LogP contribution >= 0.6 is 0 Å². The first-order valence-corrected chi connectivity index (χ1v) is 5.50. The molecule has 0 aliphatic carbocycles. The molecule has 0 aromatic carbocycles. The summed E-state index contributed by atoms with van der Waals surface area (Å²) in [6.07, 6.45) is 1.13. The van der Waals surface area contributed by atoms with Crippen LogP contribution in [0, 0.1) is 5.92 Å². The SMILES string of the molecule is CC1(C)CNCC(C)(C2CCOC2)O1. The number of nitrogens with one attached hydrogen (secondary N) is 1.